The van der Waals surface area contributed by atoms with Gasteiger partial charge in [0.2, 0.25) is 5.95 Å². The third kappa shape index (κ3) is 3.58. The Kier molecular flexibility index (Phi) is 4.41. The number of halogens is 1. The zero-order valence-electron chi connectivity index (χ0n) is 10.6. The maximum atomic E-state index is 12.1. The summed E-state index contributed by atoms with van der Waals surface area (Å²) < 4.78 is 26.6. The van der Waals surface area contributed by atoms with Crippen LogP contribution in [0, 0.1) is 6.07 Å². The molecule has 0 spiro atoms. The predicted octanol–water partition coefficient (Wildman–Crippen LogP) is 2.16. The lowest BCUT2D eigenvalue weighted by atomic mass is 10.4. The molecule has 1 heterocycles. The molecule has 0 aliphatic rings. The van der Waals surface area contributed by atoms with Crippen LogP contribution in [0.2, 0.25) is 5.15 Å². The first kappa shape index (κ1) is 14.5. The summed E-state index contributed by atoms with van der Waals surface area (Å²) in [7, 11) is -3.71. The molecule has 2 aromatic rings. The lowest BCUT2D eigenvalue weighted by Gasteiger charge is -2.09. The van der Waals surface area contributed by atoms with Crippen molar-refractivity contribution in [2.45, 2.75) is 11.8 Å². The first-order valence-corrected chi connectivity index (χ1v) is 7.65. The highest BCUT2D eigenvalue weighted by Gasteiger charge is 2.15. The van der Waals surface area contributed by atoms with Crippen molar-refractivity contribution in [2.24, 2.45) is 0 Å². The van der Waals surface area contributed by atoms with Crippen LogP contribution in [-0.4, -0.2) is 24.9 Å². The SMILES string of the molecule is CCNc1nc(Cl)cc(NS(=O)(=O)c2cc[c]cc2)n1. The van der Waals surface area contributed by atoms with Crippen LogP contribution < -0.4 is 10.0 Å². The molecule has 6 nitrogen and oxygen atoms in total. The van der Waals surface area contributed by atoms with Gasteiger partial charge in [-0.1, -0.05) is 23.7 Å². The molecular weight excluding hydrogens is 300 g/mol. The van der Waals surface area contributed by atoms with Gasteiger partial charge in [-0.05, 0) is 25.1 Å². The first-order valence-electron chi connectivity index (χ1n) is 5.78. The highest BCUT2D eigenvalue weighted by molar-refractivity contribution is 7.92. The van der Waals surface area contributed by atoms with E-state index in [0.29, 0.717) is 6.54 Å². The Morgan fingerprint density at radius 3 is 2.65 bits per heavy atom. The standard InChI is InChI=1S/C12H12ClN4O2S/c1-2-14-12-15-10(13)8-11(16-12)17-20(18,19)9-6-4-3-5-7-9/h4-8H,2H2,1H3,(H2,14,15,16,17). The van der Waals surface area contributed by atoms with Crippen LogP contribution >= 0.6 is 11.6 Å². The normalized spacial score (nSPS) is 11.1. The quantitative estimate of drug-likeness (QED) is 0.827. The smallest absolute Gasteiger partial charge is 0.263 e. The molecule has 2 N–H and O–H groups in total. The largest absolute Gasteiger partial charge is 0.354 e. The molecule has 0 bridgehead atoms. The number of hydrogen-bond donors (Lipinski definition) is 2. The van der Waals surface area contributed by atoms with Gasteiger partial charge in [0.05, 0.1) is 4.90 Å². The third-order valence-electron chi connectivity index (χ3n) is 2.27. The number of aromatic nitrogens is 2. The molecular formula is C12H12ClN4O2S. The Bertz CT molecular complexity index is 692. The van der Waals surface area contributed by atoms with E-state index in [1.54, 1.807) is 0 Å². The van der Waals surface area contributed by atoms with Crippen LogP contribution in [0.5, 0.6) is 0 Å². The molecule has 0 aliphatic heterocycles. The van der Waals surface area contributed by atoms with E-state index in [-0.39, 0.29) is 21.8 Å². The van der Waals surface area contributed by atoms with Gasteiger partial charge in [0.25, 0.3) is 10.0 Å². The fraction of sp³-hybridized carbons (Fsp3) is 0.167. The fourth-order valence-electron chi connectivity index (χ4n) is 1.45. The topological polar surface area (TPSA) is 84.0 Å². The summed E-state index contributed by atoms with van der Waals surface area (Å²) in [6.45, 7) is 2.47. The van der Waals surface area contributed by atoms with Crippen LogP contribution in [0.1, 0.15) is 6.92 Å². The van der Waals surface area contributed by atoms with Crippen LogP contribution in [-0.2, 0) is 10.0 Å². The average molecular weight is 312 g/mol. The van der Waals surface area contributed by atoms with Crippen molar-refractivity contribution < 1.29 is 8.42 Å². The molecule has 0 saturated carbocycles. The number of sulfonamides is 1. The van der Waals surface area contributed by atoms with Crippen molar-refractivity contribution in [2.75, 3.05) is 16.6 Å². The van der Waals surface area contributed by atoms with Gasteiger partial charge in [-0.2, -0.15) is 4.98 Å². The van der Waals surface area contributed by atoms with Gasteiger partial charge >= 0.3 is 0 Å². The van der Waals surface area contributed by atoms with E-state index in [4.69, 9.17) is 11.6 Å². The molecule has 1 aromatic heterocycles. The number of anilines is 2. The van der Waals surface area contributed by atoms with Crippen LogP contribution in [0.15, 0.2) is 35.2 Å². The monoisotopic (exact) mass is 311 g/mol. The third-order valence-corrected chi connectivity index (χ3v) is 3.83. The maximum Gasteiger partial charge on any atom is 0.263 e. The maximum absolute atomic E-state index is 12.1. The van der Waals surface area contributed by atoms with Crippen molar-refractivity contribution in [1.29, 1.82) is 0 Å². The van der Waals surface area contributed by atoms with E-state index in [0.717, 1.165) is 0 Å². The summed E-state index contributed by atoms with van der Waals surface area (Å²) in [5, 5.41) is 3.02. The summed E-state index contributed by atoms with van der Waals surface area (Å²) in [5.41, 5.74) is 0. The number of hydrogen-bond acceptors (Lipinski definition) is 5. The Morgan fingerprint density at radius 1 is 1.30 bits per heavy atom. The molecule has 0 atom stereocenters. The summed E-state index contributed by atoms with van der Waals surface area (Å²) in [6.07, 6.45) is 0. The van der Waals surface area contributed by atoms with Crippen molar-refractivity contribution in [3.63, 3.8) is 0 Å². The van der Waals surface area contributed by atoms with E-state index in [1.165, 1.54) is 30.3 Å². The molecule has 1 radical (unpaired) electrons. The Morgan fingerprint density at radius 2 is 2.00 bits per heavy atom. The van der Waals surface area contributed by atoms with Crippen molar-refractivity contribution >= 4 is 33.4 Å². The van der Waals surface area contributed by atoms with Crippen molar-refractivity contribution in [1.82, 2.24) is 9.97 Å². The van der Waals surface area contributed by atoms with Gasteiger partial charge in [0.15, 0.2) is 0 Å². The van der Waals surface area contributed by atoms with Gasteiger partial charge in [0.1, 0.15) is 11.0 Å². The highest BCUT2D eigenvalue weighted by Crippen LogP contribution is 2.18. The predicted molar refractivity (Wildman–Crippen MR) is 77.3 cm³/mol. The van der Waals surface area contributed by atoms with Gasteiger partial charge in [-0.15, -0.1) is 0 Å². The second-order valence-corrected chi connectivity index (χ2v) is 5.84. The van der Waals surface area contributed by atoms with E-state index < -0.39 is 10.0 Å². The van der Waals surface area contributed by atoms with Gasteiger partial charge in [-0.3, -0.25) is 4.72 Å². The lowest BCUT2D eigenvalue weighted by Crippen LogP contribution is -2.15. The summed E-state index contributed by atoms with van der Waals surface area (Å²) >= 11 is 5.83. The molecule has 105 valence electrons. The molecule has 0 aliphatic carbocycles. The lowest BCUT2D eigenvalue weighted by molar-refractivity contribution is 0.601. The molecule has 20 heavy (non-hydrogen) atoms. The summed E-state index contributed by atoms with van der Waals surface area (Å²) in [6, 6.07) is 10.0. The van der Waals surface area contributed by atoms with Crippen LogP contribution in [0.3, 0.4) is 0 Å². The van der Waals surface area contributed by atoms with Crippen LogP contribution in [0.4, 0.5) is 11.8 Å². The summed E-state index contributed by atoms with van der Waals surface area (Å²) in [4.78, 5) is 8.08. The van der Waals surface area contributed by atoms with Crippen molar-refractivity contribution in [3.05, 3.63) is 41.6 Å². The minimum absolute atomic E-state index is 0.105. The fourth-order valence-corrected chi connectivity index (χ4v) is 2.63. The number of nitrogens with one attached hydrogen (secondary N) is 2. The van der Waals surface area contributed by atoms with Crippen LogP contribution in [0.25, 0.3) is 0 Å². The average Bonchev–Trinajstić information content (AvgIpc) is 2.39. The molecule has 0 amide bonds. The highest BCUT2D eigenvalue weighted by atomic mass is 35.5. The zero-order chi connectivity index (χ0) is 14.6. The van der Waals surface area contributed by atoms with E-state index >= 15 is 0 Å². The zero-order valence-corrected chi connectivity index (χ0v) is 12.2. The van der Waals surface area contributed by atoms with E-state index in [9.17, 15) is 8.42 Å². The van der Waals surface area contributed by atoms with E-state index in [1.807, 2.05) is 6.92 Å². The number of nitrogens with zero attached hydrogens (tertiary/aromatic N) is 2. The van der Waals surface area contributed by atoms with Gasteiger partial charge < -0.3 is 5.32 Å². The molecule has 0 fully saturated rings. The Hall–Kier alpha value is -1.86. The summed E-state index contributed by atoms with van der Waals surface area (Å²) in [5.74, 6) is 0.368. The number of benzene rings is 1. The number of rotatable bonds is 5. The molecule has 8 heteroatoms. The minimum atomic E-state index is -3.71. The second-order valence-electron chi connectivity index (χ2n) is 3.77. The van der Waals surface area contributed by atoms with E-state index in [2.05, 4.69) is 26.1 Å². The first-order chi connectivity index (χ1) is 9.51. The Balaban J connectivity index is 2.30. The van der Waals surface area contributed by atoms with Gasteiger partial charge in [-0.25, -0.2) is 13.4 Å². The minimum Gasteiger partial charge on any atom is -0.354 e. The molecule has 0 unspecified atom stereocenters. The molecule has 1 aromatic carbocycles. The molecule has 0 saturated heterocycles. The van der Waals surface area contributed by atoms with Gasteiger partial charge in [0, 0.05) is 12.6 Å². The second kappa shape index (κ2) is 6.06. The van der Waals surface area contributed by atoms with Crippen molar-refractivity contribution in [3.8, 4) is 0 Å². The molecule has 2 rings (SSSR count). The Labute approximate surface area is 122 Å².